The summed E-state index contributed by atoms with van der Waals surface area (Å²) >= 11 is 3.01. The molecule has 4 N–H and O–H groups in total. The quantitative estimate of drug-likeness (QED) is 0.658. The number of hydrogen-bond acceptors (Lipinski definition) is 4. The van der Waals surface area contributed by atoms with E-state index in [1.54, 1.807) is 0 Å². The van der Waals surface area contributed by atoms with Gasteiger partial charge in [0.2, 0.25) is 5.91 Å². The Morgan fingerprint density at radius 3 is 2.52 bits per heavy atom. The predicted molar refractivity (Wildman–Crippen MR) is 86.8 cm³/mol. The van der Waals surface area contributed by atoms with Crippen molar-refractivity contribution in [3.8, 4) is 0 Å². The van der Waals surface area contributed by atoms with Crippen molar-refractivity contribution >= 4 is 34.2 Å². The Balaban J connectivity index is 0.00000400. The minimum Gasteiger partial charge on any atom is -0.353 e. The second-order valence-electron chi connectivity index (χ2n) is 4.71. The Kier molecular flexibility index (Phi) is 7.91. The molecule has 0 aliphatic rings. The minimum absolute atomic E-state index is 0. The molecule has 0 spiro atoms. The van der Waals surface area contributed by atoms with Crippen molar-refractivity contribution in [1.29, 1.82) is 0 Å². The molecule has 120 valence electrons. The summed E-state index contributed by atoms with van der Waals surface area (Å²) in [5.74, 6) is -0.331. The molecule has 0 unspecified atom stereocenters. The second-order valence-corrected chi connectivity index (χ2v) is 5.56. The van der Waals surface area contributed by atoms with Crippen molar-refractivity contribution in [2.75, 3.05) is 6.54 Å². The minimum atomic E-state index is -0.627. The van der Waals surface area contributed by atoms with Crippen molar-refractivity contribution in [2.24, 2.45) is 5.73 Å². The number of nitrogens with one attached hydrogen (secondary N) is 2. The first kappa shape index (κ1) is 19.9. The van der Waals surface area contributed by atoms with Crippen LogP contribution in [0.15, 0.2) is 20.3 Å². The van der Waals surface area contributed by atoms with Crippen LogP contribution < -0.4 is 22.3 Å². The molecule has 0 bridgehead atoms. The van der Waals surface area contributed by atoms with E-state index in [1.807, 2.05) is 13.8 Å². The lowest BCUT2D eigenvalue weighted by Crippen LogP contribution is -2.50. The number of halogens is 2. The number of aromatic nitrogens is 2. The maximum Gasteiger partial charge on any atom is 0.328 e. The van der Waals surface area contributed by atoms with E-state index in [-0.39, 0.29) is 29.3 Å². The van der Waals surface area contributed by atoms with E-state index in [1.165, 1.54) is 6.20 Å². The van der Waals surface area contributed by atoms with E-state index >= 15 is 0 Å². The summed E-state index contributed by atoms with van der Waals surface area (Å²) in [5, 5.41) is 2.70. The molecular formula is C12H20BrClN4O3. The van der Waals surface area contributed by atoms with Crippen molar-refractivity contribution in [3.63, 3.8) is 0 Å². The van der Waals surface area contributed by atoms with Crippen molar-refractivity contribution in [1.82, 2.24) is 14.9 Å². The molecule has 9 heteroatoms. The number of nitrogens with two attached hydrogens (primary N) is 1. The van der Waals surface area contributed by atoms with Crippen LogP contribution >= 0.6 is 28.3 Å². The highest BCUT2D eigenvalue weighted by Crippen LogP contribution is 2.09. The first-order chi connectivity index (χ1) is 9.31. The molecule has 7 nitrogen and oxygen atoms in total. The molecule has 0 atom stereocenters. The van der Waals surface area contributed by atoms with Crippen LogP contribution in [0.1, 0.15) is 26.7 Å². The average Bonchev–Trinajstić information content (AvgIpc) is 2.42. The highest BCUT2D eigenvalue weighted by molar-refractivity contribution is 9.10. The van der Waals surface area contributed by atoms with Crippen molar-refractivity contribution in [2.45, 2.75) is 38.8 Å². The zero-order chi connectivity index (χ0) is 15.3. The van der Waals surface area contributed by atoms with E-state index in [0.717, 1.165) is 17.4 Å². The molecule has 1 amide bonds. The maximum absolute atomic E-state index is 11.8. The lowest BCUT2D eigenvalue weighted by molar-refractivity contribution is -0.122. The van der Waals surface area contributed by atoms with Gasteiger partial charge in [-0.3, -0.25) is 19.1 Å². The van der Waals surface area contributed by atoms with Gasteiger partial charge in [0.25, 0.3) is 5.56 Å². The zero-order valence-electron chi connectivity index (χ0n) is 11.9. The Labute approximate surface area is 136 Å². The van der Waals surface area contributed by atoms with Crippen LogP contribution in [-0.4, -0.2) is 27.5 Å². The smallest absolute Gasteiger partial charge is 0.328 e. The summed E-state index contributed by atoms with van der Waals surface area (Å²) in [6.45, 7) is 4.09. The first-order valence-electron chi connectivity index (χ1n) is 6.36. The maximum atomic E-state index is 11.8. The number of carbonyl (C=O) groups excluding carboxylic acids is 1. The van der Waals surface area contributed by atoms with Crippen LogP contribution in [0.2, 0.25) is 0 Å². The van der Waals surface area contributed by atoms with Crippen LogP contribution in [0.3, 0.4) is 0 Å². The summed E-state index contributed by atoms with van der Waals surface area (Å²) in [6, 6.07) is 0. The van der Waals surface area contributed by atoms with E-state index in [9.17, 15) is 14.4 Å². The van der Waals surface area contributed by atoms with Crippen LogP contribution in [-0.2, 0) is 11.3 Å². The molecule has 1 aromatic rings. The standard InChI is InChI=1S/C12H19BrN4O3.ClH/c1-3-12(14,4-2)7-15-9(18)6-17-5-8(13)10(19)16-11(17)20;/h5H,3-4,6-7,14H2,1-2H3,(H,15,18)(H,16,19,20);1H. The number of nitrogens with zero attached hydrogens (tertiary/aromatic N) is 1. The molecule has 0 fully saturated rings. The van der Waals surface area contributed by atoms with Crippen molar-refractivity contribution in [3.05, 3.63) is 31.5 Å². The fourth-order valence-corrected chi connectivity index (χ4v) is 1.93. The molecule has 0 saturated heterocycles. The largest absolute Gasteiger partial charge is 0.353 e. The third-order valence-corrected chi connectivity index (χ3v) is 3.89. The number of hydrogen-bond donors (Lipinski definition) is 3. The van der Waals surface area contributed by atoms with Gasteiger partial charge in [0.1, 0.15) is 6.54 Å². The third-order valence-electron chi connectivity index (χ3n) is 3.33. The fraction of sp³-hybridized carbons (Fsp3) is 0.583. The number of amides is 1. The van der Waals surface area contributed by atoms with E-state index in [2.05, 4.69) is 26.2 Å². The topological polar surface area (TPSA) is 110 Å². The van der Waals surface area contributed by atoms with Gasteiger partial charge in [-0.2, -0.15) is 0 Å². The average molecular weight is 384 g/mol. The van der Waals surface area contributed by atoms with Crippen molar-refractivity contribution < 1.29 is 4.79 Å². The summed E-state index contributed by atoms with van der Waals surface area (Å²) in [5.41, 5.74) is 4.49. The number of H-pyrrole nitrogens is 1. The van der Waals surface area contributed by atoms with E-state index in [0.29, 0.717) is 6.54 Å². The molecule has 0 saturated carbocycles. The van der Waals surface area contributed by atoms with Gasteiger partial charge in [-0.05, 0) is 28.8 Å². The van der Waals surface area contributed by atoms with Gasteiger partial charge in [0.05, 0.1) is 4.47 Å². The molecule has 0 aliphatic carbocycles. The Hall–Kier alpha value is -1.12. The number of rotatable bonds is 6. The molecule has 0 radical (unpaired) electrons. The zero-order valence-corrected chi connectivity index (χ0v) is 14.3. The molecule has 21 heavy (non-hydrogen) atoms. The third kappa shape index (κ3) is 5.64. The second kappa shape index (κ2) is 8.35. The Morgan fingerprint density at radius 2 is 2.00 bits per heavy atom. The lowest BCUT2D eigenvalue weighted by Gasteiger charge is -2.26. The molecule has 1 heterocycles. The molecule has 1 aromatic heterocycles. The fourth-order valence-electron chi connectivity index (χ4n) is 1.59. The van der Waals surface area contributed by atoms with Gasteiger partial charge in [0, 0.05) is 18.3 Å². The van der Waals surface area contributed by atoms with E-state index < -0.39 is 16.8 Å². The number of carbonyl (C=O) groups is 1. The van der Waals surface area contributed by atoms with Crippen LogP contribution in [0.4, 0.5) is 0 Å². The Morgan fingerprint density at radius 1 is 1.43 bits per heavy atom. The first-order valence-corrected chi connectivity index (χ1v) is 7.15. The summed E-state index contributed by atoms with van der Waals surface area (Å²) in [4.78, 5) is 36.6. The monoisotopic (exact) mass is 382 g/mol. The van der Waals surface area contributed by atoms with Gasteiger partial charge in [0.15, 0.2) is 0 Å². The number of aromatic amines is 1. The summed E-state index contributed by atoms with van der Waals surface area (Å²) in [6.07, 6.45) is 2.78. The lowest BCUT2D eigenvalue weighted by atomic mass is 9.94. The van der Waals surface area contributed by atoms with E-state index in [4.69, 9.17) is 5.73 Å². The van der Waals surface area contributed by atoms with Crippen LogP contribution in [0, 0.1) is 0 Å². The highest BCUT2D eigenvalue weighted by Gasteiger charge is 2.20. The van der Waals surface area contributed by atoms with Gasteiger partial charge >= 0.3 is 5.69 Å². The van der Waals surface area contributed by atoms with Gasteiger partial charge in [-0.15, -0.1) is 12.4 Å². The summed E-state index contributed by atoms with van der Waals surface area (Å²) < 4.78 is 1.32. The van der Waals surface area contributed by atoms with Gasteiger partial charge in [-0.1, -0.05) is 13.8 Å². The SMILES string of the molecule is CCC(N)(CC)CNC(=O)Cn1cc(Br)c(=O)[nH]c1=O.Cl. The molecule has 1 rings (SSSR count). The van der Waals surface area contributed by atoms with Gasteiger partial charge < -0.3 is 11.1 Å². The van der Waals surface area contributed by atoms with Crippen LogP contribution in [0.25, 0.3) is 0 Å². The Bertz CT molecular complexity index is 595. The normalized spacial score (nSPS) is 10.9. The van der Waals surface area contributed by atoms with Gasteiger partial charge in [-0.25, -0.2) is 4.79 Å². The van der Waals surface area contributed by atoms with Crippen LogP contribution in [0.5, 0.6) is 0 Å². The highest BCUT2D eigenvalue weighted by atomic mass is 79.9. The summed E-state index contributed by atoms with van der Waals surface area (Å²) in [7, 11) is 0. The molecular weight excluding hydrogens is 364 g/mol. The molecule has 0 aromatic carbocycles. The predicted octanol–water partition coefficient (Wildman–Crippen LogP) is 0.355. The molecule has 0 aliphatic heterocycles.